The van der Waals surface area contributed by atoms with Gasteiger partial charge in [-0.3, -0.25) is 5.43 Å². The van der Waals surface area contributed by atoms with Crippen LogP contribution in [0.25, 0.3) is 0 Å². The first-order chi connectivity index (χ1) is 11.1. The zero-order valence-corrected chi connectivity index (χ0v) is 13.2. The maximum absolute atomic E-state index is 10.8. The summed E-state index contributed by atoms with van der Waals surface area (Å²) < 4.78 is 5.55. The van der Waals surface area contributed by atoms with Crippen LogP contribution >= 0.6 is 0 Å². The number of carbonyl (C=O) groups is 1. The maximum Gasteiger partial charge on any atom is 0.335 e. The van der Waals surface area contributed by atoms with Gasteiger partial charge in [0, 0.05) is 0 Å². The van der Waals surface area contributed by atoms with Crippen molar-refractivity contribution in [3.8, 4) is 5.75 Å². The van der Waals surface area contributed by atoms with E-state index in [2.05, 4.69) is 17.5 Å². The first-order valence-electron chi connectivity index (χ1n) is 7.47. The van der Waals surface area contributed by atoms with Crippen molar-refractivity contribution in [2.75, 3.05) is 12.0 Å². The van der Waals surface area contributed by atoms with Gasteiger partial charge in [-0.2, -0.15) is 5.10 Å². The van der Waals surface area contributed by atoms with Crippen molar-refractivity contribution in [2.24, 2.45) is 5.10 Å². The summed E-state index contributed by atoms with van der Waals surface area (Å²) in [6.07, 6.45) is 0.979. The molecule has 120 valence electrons. The highest BCUT2D eigenvalue weighted by Gasteiger charge is 2.02. The van der Waals surface area contributed by atoms with Crippen LogP contribution in [0.15, 0.2) is 53.6 Å². The number of aromatic carboxylic acids is 1. The van der Waals surface area contributed by atoms with Gasteiger partial charge in [0.25, 0.3) is 0 Å². The summed E-state index contributed by atoms with van der Waals surface area (Å²) in [5.41, 5.74) is 5.72. The van der Waals surface area contributed by atoms with E-state index in [1.165, 1.54) is 12.1 Å². The maximum atomic E-state index is 10.8. The van der Waals surface area contributed by atoms with Crippen LogP contribution in [0.1, 0.15) is 36.2 Å². The summed E-state index contributed by atoms with van der Waals surface area (Å²) >= 11 is 0. The SMILES string of the molecule is CCCOc1ccc(C(C)=NNc2ccc(C(=O)O)cc2)cc1. The summed E-state index contributed by atoms with van der Waals surface area (Å²) in [5.74, 6) is -0.0952. The van der Waals surface area contributed by atoms with E-state index in [4.69, 9.17) is 9.84 Å². The number of nitrogens with zero attached hydrogens (tertiary/aromatic N) is 1. The molecule has 2 rings (SSSR count). The Kier molecular flexibility index (Phi) is 5.74. The minimum Gasteiger partial charge on any atom is -0.494 e. The average Bonchev–Trinajstić information content (AvgIpc) is 2.58. The molecule has 23 heavy (non-hydrogen) atoms. The molecule has 0 atom stereocenters. The molecule has 5 heteroatoms. The van der Waals surface area contributed by atoms with E-state index in [1.807, 2.05) is 31.2 Å². The summed E-state index contributed by atoms with van der Waals surface area (Å²) in [6.45, 7) is 4.68. The topological polar surface area (TPSA) is 70.9 Å². The molecule has 0 heterocycles. The molecule has 5 nitrogen and oxygen atoms in total. The van der Waals surface area contributed by atoms with E-state index in [9.17, 15) is 4.79 Å². The molecule has 0 saturated heterocycles. The number of carboxylic acids is 1. The number of hydrogen-bond acceptors (Lipinski definition) is 4. The van der Waals surface area contributed by atoms with E-state index >= 15 is 0 Å². The first kappa shape index (κ1) is 16.5. The molecule has 0 bridgehead atoms. The van der Waals surface area contributed by atoms with Crippen LogP contribution in [-0.4, -0.2) is 23.4 Å². The van der Waals surface area contributed by atoms with Gasteiger partial charge in [-0.25, -0.2) is 4.79 Å². The Balaban J connectivity index is 2.00. The normalized spacial score (nSPS) is 11.1. The second-order valence-corrected chi connectivity index (χ2v) is 5.06. The third kappa shape index (κ3) is 4.85. The highest BCUT2D eigenvalue weighted by Crippen LogP contribution is 2.14. The van der Waals surface area contributed by atoms with Crippen molar-refractivity contribution in [1.82, 2.24) is 0 Å². The van der Waals surface area contributed by atoms with Gasteiger partial charge in [0.2, 0.25) is 0 Å². The van der Waals surface area contributed by atoms with Gasteiger partial charge in [0.15, 0.2) is 0 Å². The Morgan fingerprint density at radius 1 is 1.09 bits per heavy atom. The molecule has 0 spiro atoms. The van der Waals surface area contributed by atoms with Crippen LogP contribution in [-0.2, 0) is 0 Å². The molecular weight excluding hydrogens is 292 g/mol. The monoisotopic (exact) mass is 312 g/mol. The molecule has 0 amide bonds. The second-order valence-electron chi connectivity index (χ2n) is 5.06. The zero-order valence-electron chi connectivity index (χ0n) is 13.2. The fraction of sp³-hybridized carbons (Fsp3) is 0.222. The van der Waals surface area contributed by atoms with Gasteiger partial charge in [-0.05, 0) is 67.4 Å². The van der Waals surface area contributed by atoms with Crippen LogP contribution in [0.2, 0.25) is 0 Å². The van der Waals surface area contributed by atoms with E-state index < -0.39 is 5.97 Å². The Morgan fingerprint density at radius 3 is 2.26 bits per heavy atom. The van der Waals surface area contributed by atoms with E-state index in [0.717, 1.165) is 29.1 Å². The van der Waals surface area contributed by atoms with Crippen LogP contribution in [0.3, 0.4) is 0 Å². The lowest BCUT2D eigenvalue weighted by Crippen LogP contribution is -2.01. The van der Waals surface area contributed by atoms with Crippen LogP contribution in [0.5, 0.6) is 5.75 Å². The molecule has 2 aromatic carbocycles. The number of hydrazone groups is 1. The molecule has 0 aliphatic carbocycles. The summed E-state index contributed by atoms with van der Waals surface area (Å²) in [7, 11) is 0. The van der Waals surface area contributed by atoms with Crippen LogP contribution < -0.4 is 10.2 Å². The number of nitrogens with one attached hydrogen (secondary N) is 1. The van der Waals surface area contributed by atoms with Gasteiger partial charge in [0.1, 0.15) is 5.75 Å². The predicted molar refractivity (Wildman–Crippen MR) is 91.5 cm³/mol. The van der Waals surface area contributed by atoms with Crippen molar-refractivity contribution in [3.05, 3.63) is 59.7 Å². The fourth-order valence-corrected chi connectivity index (χ4v) is 1.91. The van der Waals surface area contributed by atoms with E-state index in [0.29, 0.717) is 6.61 Å². The number of rotatable bonds is 7. The Labute approximate surface area is 135 Å². The van der Waals surface area contributed by atoms with E-state index in [-0.39, 0.29) is 5.56 Å². The summed E-state index contributed by atoms with van der Waals surface area (Å²) in [6, 6.07) is 14.2. The van der Waals surface area contributed by atoms with Crippen molar-refractivity contribution in [2.45, 2.75) is 20.3 Å². The molecule has 2 N–H and O–H groups in total. The Hall–Kier alpha value is -2.82. The minimum absolute atomic E-state index is 0.249. The lowest BCUT2D eigenvalue weighted by Gasteiger charge is -2.07. The highest BCUT2D eigenvalue weighted by molar-refractivity contribution is 5.99. The van der Waals surface area contributed by atoms with Gasteiger partial charge in [-0.15, -0.1) is 0 Å². The van der Waals surface area contributed by atoms with Crippen molar-refractivity contribution in [3.63, 3.8) is 0 Å². The van der Waals surface area contributed by atoms with Gasteiger partial charge in [-0.1, -0.05) is 6.92 Å². The first-order valence-corrected chi connectivity index (χ1v) is 7.47. The summed E-state index contributed by atoms with van der Waals surface area (Å²) in [5, 5.41) is 13.2. The molecule has 0 aliphatic rings. The number of hydrogen-bond donors (Lipinski definition) is 2. The predicted octanol–water partition coefficient (Wildman–Crippen LogP) is 4.01. The zero-order chi connectivity index (χ0) is 16.7. The minimum atomic E-state index is -0.943. The lowest BCUT2D eigenvalue weighted by molar-refractivity contribution is 0.0697. The molecule has 0 aliphatic heterocycles. The van der Waals surface area contributed by atoms with Gasteiger partial charge in [0.05, 0.1) is 23.6 Å². The van der Waals surface area contributed by atoms with Crippen LogP contribution in [0.4, 0.5) is 5.69 Å². The van der Waals surface area contributed by atoms with Crippen molar-refractivity contribution in [1.29, 1.82) is 0 Å². The molecule has 0 fully saturated rings. The Morgan fingerprint density at radius 2 is 1.70 bits per heavy atom. The van der Waals surface area contributed by atoms with Crippen molar-refractivity contribution < 1.29 is 14.6 Å². The van der Waals surface area contributed by atoms with Gasteiger partial charge < -0.3 is 9.84 Å². The lowest BCUT2D eigenvalue weighted by atomic mass is 10.1. The van der Waals surface area contributed by atoms with E-state index in [1.54, 1.807) is 12.1 Å². The van der Waals surface area contributed by atoms with Crippen molar-refractivity contribution >= 4 is 17.4 Å². The number of carboxylic acid groups (broad SMARTS) is 1. The average molecular weight is 312 g/mol. The quantitative estimate of drug-likeness (QED) is 0.598. The Bertz CT molecular complexity index is 676. The molecular formula is C18H20N2O3. The molecule has 0 unspecified atom stereocenters. The standard InChI is InChI=1S/C18H20N2O3/c1-3-12-23-17-10-6-14(7-11-17)13(2)19-20-16-8-4-15(5-9-16)18(21)22/h4-11,20H,3,12H2,1-2H3,(H,21,22). The molecule has 0 radical (unpaired) electrons. The molecule has 2 aromatic rings. The summed E-state index contributed by atoms with van der Waals surface area (Å²) in [4.78, 5) is 10.8. The fourth-order valence-electron chi connectivity index (χ4n) is 1.91. The third-order valence-electron chi connectivity index (χ3n) is 3.23. The smallest absolute Gasteiger partial charge is 0.335 e. The van der Waals surface area contributed by atoms with Crippen LogP contribution in [0, 0.1) is 0 Å². The van der Waals surface area contributed by atoms with Gasteiger partial charge >= 0.3 is 5.97 Å². The number of anilines is 1. The molecule has 0 saturated carbocycles. The number of benzene rings is 2. The molecule has 0 aromatic heterocycles. The second kappa shape index (κ2) is 7.98. The largest absolute Gasteiger partial charge is 0.494 e. The third-order valence-corrected chi connectivity index (χ3v) is 3.23. The highest BCUT2D eigenvalue weighted by atomic mass is 16.5. The number of ether oxygens (including phenoxy) is 1.